The summed E-state index contributed by atoms with van der Waals surface area (Å²) in [6, 6.07) is 3.45. The number of hydrogen-bond donors (Lipinski definition) is 0. The molecule has 1 aromatic carbocycles. The summed E-state index contributed by atoms with van der Waals surface area (Å²) < 4.78 is 38.0. The van der Waals surface area contributed by atoms with E-state index < -0.39 is 29.0 Å². The largest absolute Gasteiger partial charge is 0.417 e. The molecule has 0 saturated heterocycles. The number of nitriles is 1. The van der Waals surface area contributed by atoms with E-state index in [-0.39, 0.29) is 11.1 Å². The van der Waals surface area contributed by atoms with Gasteiger partial charge >= 0.3 is 6.18 Å². The number of carbonyl (C=O) groups excluding carboxylic acids is 1. The van der Waals surface area contributed by atoms with Gasteiger partial charge in [0, 0.05) is 5.56 Å². The first-order chi connectivity index (χ1) is 7.81. The van der Waals surface area contributed by atoms with Gasteiger partial charge in [0.15, 0.2) is 5.78 Å². The molecule has 0 heterocycles. The lowest BCUT2D eigenvalue weighted by atomic mass is 9.97. The van der Waals surface area contributed by atoms with Crippen LogP contribution in [0.3, 0.4) is 0 Å². The number of hydrogen-bond acceptors (Lipinski definition) is 2. The molecule has 1 rings (SSSR count). The molecule has 0 N–H and O–H groups in total. The third-order valence-electron chi connectivity index (χ3n) is 2.21. The quantitative estimate of drug-likeness (QED) is 0.605. The van der Waals surface area contributed by atoms with Crippen LogP contribution in [0.4, 0.5) is 13.2 Å². The van der Waals surface area contributed by atoms with Gasteiger partial charge in [-0.25, -0.2) is 0 Å². The minimum atomic E-state index is -4.64. The number of rotatable bonds is 2. The summed E-state index contributed by atoms with van der Waals surface area (Å²) in [5.74, 6) is -1.41. The van der Waals surface area contributed by atoms with Crippen LogP contribution in [0.1, 0.15) is 27.0 Å². The number of nitrogens with zero attached hydrogens (tertiary/aromatic N) is 1. The molecular formula is C11H7ClF3NO. The molecule has 90 valence electrons. The van der Waals surface area contributed by atoms with Gasteiger partial charge in [-0.15, -0.1) is 11.6 Å². The summed E-state index contributed by atoms with van der Waals surface area (Å²) in [5, 5.41) is 8.72. The van der Waals surface area contributed by atoms with Crippen molar-refractivity contribution in [3.8, 4) is 6.07 Å². The van der Waals surface area contributed by atoms with E-state index in [9.17, 15) is 18.0 Å². The van der Waals surface area contributed by atoms with E-state index in [4.69, 9.17) is 16.9 Å². The lowest BCUT2D eigenvalue weighted by Gasteiger charge is -2.13. The van der Waals surface area contributed by atoms with Gasteiger partial charge in [0.25, 0.3) is 0 Å². The summed E-state index contributed by atoms with van der Waals surface area (Å²) in [5.41, 5.74) is -1.41. The van der Waals surface area contributed by atoms with Crippen LogP contribution < -0.4 is 0 Å². The Hall–Kier alpha value is -1.54. The van der Waals surface area contributed by atoms with Gasteiger partial charge in [0.2, 0.25) is 0 Å². The van der Waals surface area contributed by atoms with Crippen molar-refractivity contribution in [1.82, 2.24) is 0 Å². The highest BCUT2D eigenvalue weighted by atomic mass is 35.5. The second-order valence-corrected chi connectivity index (χ2v) is 3.65. The van der Waals surface area contributed by atoms with Gasteiger partial charge in [-0.3, -0.25) is 4.79 Å². The lowest BCUT2D eigenvalue weighted by molar-refractivity contribution is -0.137. The lowest BCUT2D eigenvalue weighted by Crippen LogP contribution is -2.15. The van der Waals surface area contributed by atoms with Crippen LogP contribution >= 0.6 is 11.6 Å². The van der Waals surface area contributed by atoms with Gasteiger partial charge in [-0.1, -0.05) is 0 Å². The number of carbonyl (C=O) groups is 1. The van der Waals surface area contributed by atoms with E-state index in [1.54, 1.807) is 6.07 Å². The highest BCUT2D eigenvalue weighted by molar-refractivity contribution is 6.30. The van der Waals surface area contributed by atoms with E-state index in [1.807, 2.05) is 0 Å². The summed E-state index contributed by atoms with van der Waals surface area (Å²) >= 11 is 5.24. The van der Waals surface area contributed by atoms with E-state index in [2.05, 4.69) is 0 Å². The maximum atomic E-state index is 12.7. The summed E-state index contributed by atoms with van der Waals surface area (Å²) in [7, 11) is 0. The first-order valence-corrected chi connectivity index (χ1v) is 5.05. The maximum Gasteiger partial charge on any atom is 0.417 e. The second-order valence-electron chi connectivity index (χ2n) is 3.38. The average Bonchev–Trinajstić information content (AvgIpc) is 2.26. The number of benzene rings is 1. The molecule has 0 unspecified atom stereocenters. The average molecular weight is 262 g/mol. The minimum absolute atomic E-state index is 0.0338. The highest BCUT2D eigenvalue weighted by Crippen LogP contribution is 2.34. The summed E-state index contributed by atoms with van der Waals surface area (Å²) in [6.45, 7) is 1.38. The van der Waals surface area contributed by atoms with Crippen LogP contribution in [-0.2, 0) is 6.18 Å². The number of Topliss-reactive ketones (excluding diaryl/α,β-unsaturated/α-hetero) is 1. The number of ketones is 1. The molecule has 0 fully saturated rings. The molecule has 0 aliphatic heterocycles. The van der Waals surface area contributed by atoms with Gasteiger partial charge in [-0.2, -0.15) is 18.4 Å². The zero-order valence-electron chi connectivity index (χ0n) is 8.73. The van der Waals surface area contributed by atoms with Crippen LogP contribution in [0.2, 0.25) is 0 Å². The van der Waals surface area contributed by atoms with Crippen molar-refractivity contribution < 1.29 is 18.0 Å². The third-order valence-corrected chi connectivity index (χ3v) is 2.45. The van der Waals surface area contributed by atoms with Gasteiger partial charge in [-0.05, 0) is 24.6 Å². The van der Waals surface area contributed by atoms with Crippen LogP contribution in [-0.4, -0.2) is 11.7 Å². The Morgan fingerprint density at radius 1 is 1.47 bits per heavy atom. The molecule has 0 aliphatic rings. The van der Waals surface area contributed by atoms with Crippen molar-refractivity contribution in [2.45, 2.75) is 13.1 Å². The summed E-state index contributed by atoms with van der Waals surface area (Å²) in [4.78, 5) is 11.3. The zero-order chi connectivity index (χ0) is 13.2. The van der Waals surface area contributed by atoms with Crippen molar-refractivity contribution >= 4 is 17.4 Å². The molecule has 6 heteroatoms. The Morgan fingerprint density at radius 3 is 2.47 bits per heavy atom. The van der Waals surface area contributed by atoms with E-state index in [0.717, 1.165) is 12.1 Å². The number of aryl methyl sites for hydroxylation is 1. The van der Waals surface area contributed by atoms with Crippen molar-refractivity contribution in [2.75, 3.05) is 5.88 Å². The number of halogens is 4. The van der Waals surface area contributed by atoms with Crippen molar-refractivity contribution in [3.05, 3.63) is 34.4 Å². The Bertz CT molecular complexity index is 503. The molecule has 0 atom stereocenters. The molecule has 17 heavy (non-hydrogen) atoms. The van der Waals surface area contributed by atoms with Gasteiger partial charge < -0.3 is 0 Å². The fourth-order valence-corrected chi connectivity index (χ4v) is 1.51. The normalized spacial score (nSPS) is 11.1. The van der Waals surface area contributed by atoms with Crippen LogP contribution in [0.25, 0.3) is 0 Å². The predicted molar refractivity (Wildman–Crippen MR) is 55.9 cm³/mol. The molecule has 0 radical (unpaired) electrons. The Labute approximate surface area is 101 Å². The van der Waals surface area contributed by atoms with Gasteiger partial charge in [0.1, 0.15) is 0 Å². The molecular weight excluding hydrogens is 255 g/mol. The first kappa shape index (κ1) is 13.5. The Kier molecular flexibility index (Phi) is 3.79. The molecule has 0 bridgehead atoms. The van der Waals surface area contributed by atoms with E-state index in [1.165, 1.54) is 6.92 Å². The molecule has 0 aromatic heterocycles. The maximum absolute atomic E-state index is 12.7. The van der Waals surface area contributed by atoms with Gasteiger partial charge in [0.05, 0.1) is 23.1 Å². The third kappa shape index (κ3) is 2.77. The van der Waals surface area contributed by atoms with Crippen molar-refractivity contribution in [3.63, 3.8) is 0 Å². The van der Waals surface area contributed by atoms with Crippen LogP contribution in [0.15, 0.2) is 12.1 Å². The molecule has 0 saturated carbocycles. The summed E-state index contributed by atoms with van der Waals surface area (Å²) in [6.07, 6.45) is -4.64. The number of alkyl halides is 4. The Balaban J connectivity index is 3.54. The fourth-order valence-electron chi connectivity index (χ4n) is 1.37. The smallest absolute Gasteiger partial charge is 0.293 e. The standard InChI is InChI=1S/C11H7ClF3NO/c1-6-2-9(11(13,14)15)8(10(17)4-12)3-7(6)5-16/h2-3H,4H2,1H3. The fraction of sp³-hybridized carbons (Fsp3) is 0.273. The van der Waals surface area contributed by atoms with E-state index in [0.29, 0.717) is 0 Å². The monoisotopic (exact) mass is 261 g/mol. The predicted octanol–water partition coefficient (Wildman–Crippen LogP) is 3.31. The molecule has 0 spiro atoms. The molecule has 1 aromatic rings. The molecule has 0 amide bonds. The zero-order valence-corrected chi connectivity index (χ0v) is 9.49. The minimum Gasteiger partial charge on any atom is -0.293 e. The molecule has 2 nitrogen and oxygen atoms in total. The SMILES string of the molecule is Cc1cc(C(F)(F)F)c(C(=O)CCl)cc1C#N. The topological polar surface area (TPSA) is 40.9 Å². The van der Waals surface area contributed by atoms with E-state index >= 15 is 0 Å². The highest BCUT2D eigenvalue weighted by Gasteiger charge is 2.35. The van der Waals surface area contributed by atoms with Crippen molar-refractivity contribution in [2.24, 2.45) is 0 Å². The first-order valence-electron chi connectivity index (χ1n) is 4.52. The Morgan fingerprint density at radius 2 is 2.06 bits per heavy atom. The molecule has 0 aliphatic carbocycles. The van der Waals surface area contributed by atoms with Crippen LogP contribution in [0, 0.1) is 18.3 Å². The van der Waals surface area contributed by atoms with Crippen LogP contribution in [0.5, 0.6) is 0 Å². The van der Waals surface area contributed by atoms with Crippen molar-refractivity contribution in [1.29, 1.82) is 5.26 Å². The second kappa shape index (κ2) is 4.76.